The van der Waals surface area contributed by atoms with Gasteiger partial charge in [0.05, 0.1) is 23.6 Å². The van der Waals surface area contributed by atoms with Gasteiger partial charge in [-0.1, -0.05) is 0 Å². The minimum Gasteiger partial charge on any atom is -0.472 e. The molecule has 3 heterocycles. The van der Waals surface area contributed by atoms with Crippen LogP contribution in [-0.4, -0.2) is 21.1 Å². The maximum Gasteiger partial charge on any atom is 0.277 e. The van der Waals surface area contributed by atoms with Crippen LogP contribution in [-0.2, 0) is 0 Å². The van der Waals surface area contributed by atoms with Crippen LogP contribution < -0.4 is 5.32 Å². The number of aromatic amines is 1. The van der Waals surface area contributed by atoms with Gasteiger partial charge in [-0.15, -0.1) is 0 Å². The van der Waals surface area contributed by atoms with Crippen molar-refractivity contribution in [2.24, 2.45) is 0 Å². The van der Waals surface area contributed by atoms with Crippen LogP contribution in [0, 0.1) is 17.1 Å². The average molecular weight is 347 g/mol. The van der Waals surface area contributed by atoms with E-state index in [4.69, 9.17) is 9.68 Å². The molecule has 0 fully saturated rings. The van der Waals surface area contributed by atoms with Gasteiger partial charge in [0, 0.05) is 22.8 Å². The van der Waals surface area contributed by atoms with Crippen LogP contribution in [0.2, 0.25) is 0 Å². The van der Waals surface area contributed by atoms with Gasteiger partial charge in [-0.2, -0.15) is 10.4 Å². The maximum absolute atomic E-state index is 14.1. The second-order valence-electron chi connectivity index (χ2n) is 5.43. The SMILES string of the molecule is N#Cc1ccnc(C(=O)Nc2ccc3[nH]nc(-c4ccoc4)c3c2)c1F. The lowest BCUT2D eigenvalue weighted by Gasteiger charge is -2.06. The summed E-state index contributed by atoms with van der Waals surface area (Å²) in [5.74, 6) is -1.69. The molecule has 0 atom stereocenters. The van der Waals surface area contributed by atoms with Crippen LogP contribution in [0.25, 0.3) is 22.2 Å². The van der Waals surface area contributed by atoms with Crippen LogP contribution >= 0.6 is 0 Å². The van der Waals surface area contributed by atoms with E-state index in [1.54, 1.807) is 36.6 Å². The van der Waals surface area contributed by atoms with Crippen LogP contribution in [0.5, 0.6) is 0 Å². The van der Waals surface area contributed by atoms with Gasteiger partial charge in [0.25, 0.3) is 5.91 Å². The molecule has 3 aromatic heterocycles. The number of benzene rings is 1. The van der Waals surface area contributed by atoms with E-state index < -0.39 is 17.4 Å². The minimum atomic E-state index is -0.948. The number of pyridine rings is 1. The van der Waals surface area contributed by atoms with Crippen molar-refractivity contribution in [2.75, 3.05) is 5.32 Å². The Hall–Kier alpha value is -3.99. The molecule has 126 valence electrons. The molecule has 0 radical (unpaired) electrons. The molecule has 0 aliphatic rings. The van der Waals surface area contributed by atoms with E-state index >= 15 is 0 Å². The monoisotopic (exact) mass is 347 g/mol. The summed E-state index contributed by atoms with van der Waals surface area (Å²) in [5, 5.41) is 19.4. The van der Waals surface area contributed by atoms with Gasteiger partial charge in [-0.25, -0.2) is 9.37 Å². The Labute approximate surface area is 146 Å². The number of H-pyrrole nitrogens is 1. The molecular formula is C18H10FN5O2. The summed E-state index contributed by atoms with van der Waals surface area (Å²) >= 11 is 0. The number of fused-ring (bicyclic) bond motifs is 1. The molecule has 0 unspecified atom stereocenters. The van der Waals surface area contributed by atoms with Crippen molar-refractivity contribution < 1.29 is 13.6 Å². The van der Waals surface area contributed by atoms with Gasteiger partial charge in [0.1, 0.15) is 11.8 Å². The molecule has 0 bridgehead atoms. The molecule has 4 rings (SSSR count). The standard InChI is InChI=1S/C18H10FN5O2/c19-15-10(8-20)3-5-21-17(15)18(25)22-12-1-2-14-13(7-12)16(24-23-14)11-4-6-26-9-11/h1-7,9H,(H,22,25)(H,23,24). The third kappa shape index (κ3) is 2.57. The number of carbonyl (C=O) groups excluding carboxylic acids is 1. The number of nitrogens with one attached hydrogen (secondary N) is 2. The van der Waals surface area contributed by atoms with Crippen molar-refractivity contribution in [3.8, 4) is 17.3 Å². The quantitative estimate of drug-likeness (QED) is 0.590. The van der Waals surface area contributed by atoms with Crippen LogP contribution in [0.15, 0.2) is 53.5 Å². The lowest BCUT2D eigenvalue weighted by molar-refractivity contribution is 0.101. The van der Waals surface area contributed by atoms with Gasteiger partial charge in [0.15, 0.2) is 11.5 Å². The number of anilines is 1. The third-order valence-electron chi connectivity index (χ3n) is 3.84. The van der Waals surface area contributed by atoms with Crippen LogP contribution in [0.4, 0.5) is 10.1 Å². The number of amides is 1. The predicted octanol–water partition coefficient (Wildman–Crippen LogP) is 3.48. The van der Waals surface area contributed by atoms with Crippen molar-refractivity contribution >= 4 is 22.5 Å². The molecule has 1 aromatic carbocycles. The number of halogens is 1. The number of hydrogen-bond donors (Lipinski definition) is 2. The number of carbonyl (C=O) groups is 1. The van der Waals surface area contributed by atoms with Crippen LogP contribution in [0.1, 0.15) is 16.1 Å². The fourth-order valence-corrected chi connectivity index (χ4v) is 2.59. The Morgan fingerprint density at radius 2 is 2.19 bits per heavy atom. The largest absolute Gasteiger partial charge is 0.472 e. The van der Waals surface area contributed by atoms with E-state index in [-0.39, 0.29) is 5.56 Å². The van der Waals surface area contributed by atoms with E-state index in [0.717, 1.165) is 16.5 Å². The lowest BCUT2D eigenvalue weighted by atomic mass is 10.1. The summed E-state index contributed by atoms with van der Waals surface area (Å²) in [6.07, 6.45) is 4.32. The predicted molar refractivity (Wildman–Crippen MR) is 90.7 cm³/mol. The number of furan rings is 1. The molecule has 7 nitrogen and oxygen atoms in total. The summed E-state index contributed by atoms with van der Waals surface area (Å²) in [6, 6.07) is 9.78. The molecule has 26 heavy (non-hydrogen) atoms. The van der Waals surface area contributed by atoms with Crippen molar-refractivity contribution in [1.29, 1.82) is 5.26 Å². The molecule has 2 N–H and O–H groups in total. The maximum atomic E-state index is 14.1. The topological polar surface area (TPSA) is 108 Å². The van der Waals surface area contributed by atoms with E-state index in [1.165, 1.54) is 18.5 Å². The van der Waals surface area contributed by atoms with Crippen LogP contribution in [0.3, 0.4) is 0 Å². The highest BCUT2D eigenvalue weighted by molar-refractivity contribution is 6.05. The second-order valence-corrected chi connectivity index (χ2v) is 5.43. The first kappa shape index (κ1) is 15.5. The molecule has 8 heteroatoms. The molecule has 4 aromatic rings. The number of hydrogen-bond acceptors (Lipinski definition) is 5. The van der Waals surface area contributed by atoms with Crippen molar-refractivity contribution in [3.05, 3.63) is 66.1 Å². The lowest BCUT2D eigenvalue weighted by Crippen LogP contribution is -2.16. The van der Waals surface area contributed by atoms with Gasteiger partial charge in [0.2, 0.25) is 0 Å². The van der Waals surface area contributed by atoms with Gasteiger partial charge in [-0.3, -0.25) is 9.89 Å². The van der Waals surface area contributed by atoms with E-state index in [1.807, 2.05) is 0 Å². The highest BCUT2D eigenvalue weighted by Crippen LogP contribution is 2.28. The first-order valence-electron chi connectivity index (χ1n) is 7.54. The zero-order chi connectivity index (χ0) is 18.1. The Bertz CT molecular complexity index is 1160. The summed E-state index contributed by atoms with van der Waals surface area (Å²) in [6.45, 7) is 0. The second kappa shape index (κ2) is 6.14. The molecule has 0 aliphatic heterocycles. The van der Waals surface area contributed by atoms with E-state index in [0.29, 0.717) is 11.4 Å². The Morgan fingerprint density at radius 3 is 2.96 bits per heavy atom. The van der Waals surface area contributed by atoms with Crippen molar-refractivity contribution in [2.45, 2.75) is 0 Å². The molecule has 1 amide bonds. The molecule has 0 spiro atoms. The first-order valence-corrected chi connectivity index (χ1v) is 7.54. The van der Waals surface area contributed by atoms with Gasteiger partial charge in [-0.05, 0) is 30.3 Å². The number of rotatable bonds is 3. The van der Waals surface area contributed by atoms with E-state index in [2.05, 4.69) is 20.5 Å². The number of nitrogens with zero attached hydrogens (tertiary/aromatic N) is 3. The number of nitriles is 1. The number of aromatic nitrogens is 3. The normalized spacial score (nSPS) is 10.6. The molecular weight excluding hydrogens is 337 g/mol. The minimum absolute atomic E-state index is 0.238. The summed E-state index contributed by atoms with van der Waals surface area (Å²) in [4.78, 5) is 16.1. The molecule has 0 saturated heterocycles. The van der Waals surface area contributed by atoms with Crippen molar-refractivity contribution in [3.63, 3.8) is 0 Å². The Kier molecular flexibility index (Phi) is 3.67. The van der Waals surface area contributed by atoms with E-state index in [9.17, 15) is 9.18 Å². The fraction of sp³-hybridized carbons (Fsp3) is 0. The van der Waals surface area contributed by atoms with Crippen molar-refractivity contribution in [1.82, 2.24) is 15.2 Å². The smallest absolute Gasteiger partial charge is 0.277 e. The average Bonchev–Trinajstić information content (AvgIpc) is 3.30. The Balaban J connectivity index is 1.69. The fourth-order valence-electron chi connectivity index (χ4n) is 2.59. The highest BCUT2D eigenvalue weighted by Gasteiger charge is 2.17. The summed E-state index contributed by atoms with van der Waals surface area (Å²) in [5.41, 5.74) is 1.99. The highest BCUT2D eigenvalue weighted by atomic mass is 19.1. The zero-order valence-corrected chi connectivity index (χ0v) is 13.2. The first-order chi connectivity index (χ1) is 12.7. The Morgan fingerprint density at radius 1 is 1.31 bits per heavy atom. The zero-order valence-electron chi connectivity index (χ0n) is 13.2. The molecule has 0 aliphatic carbocycles. The summed E-state index contributed by atoms with van der Waals surface area (Å²) in [7, 11) is 0. The van der Waals surface area contributed by atoms with Gasteiger partial charge < -0.3 is 9.73 Å². The molecule has 0 saturated carbocycles. The summed E-state index contributed by atoms with van der Waals surface area (Å²) < 4.78 is 19.2. The van der Waals surface area contributed by atoms with Gasteiger partial charge >= 0.3 is 0 Å². The third-order valence-corrected chi connectivity index (χ3v) is 3.84.